The van der Waals surface area contributed by atoms with E-state index in [4.69, 9.17) is 14.9 Å². The zero-order valence-corrected chi connectivity index (χ0v) is 20.5. The molecule has 4 aromatic rings. The van der Waals surface area contributed by atoms with Gasteiger partial charge in [-0.3, -0.25) is 14.8 Å². The number of pyridine rings is 3. The van der Waals surface area contributed by atoms with Crippen LogP contribution in [-0.2, 0) is 6.67 Å². The zero-order chi connectivity index (χ0) is 24.2. The van der Waals surface area contributed by atoms with Crippen molar-refractivity contribution in [2.45, 2.75) is 18.4 Å². The third-order valence-corrected chi connectivity index (χ3v) is 5.33. The molecule has 0 fully saturated rings. The molecular formula is C24H25N5O3S2. The second kappa shape index (κ2) is 10.4. The highest BCUT2D eigenvalue weighted by Gasteiger charge is 2.16. The summed E-state index contributed by atoms with van der Waals surface area (Å²) in [6, 6.07) is 16.0. The minimum atomic E-state index is -0.558. The molecule has 3 heterocycles. The van der Waals surface area contributed by atoms with Gasteiger partial charge in [-0.1, -0.05) is 0 Å². The van der Waals surface area contributed by atoms with Crippen LogP contribution >= 0.6 is 25.3 Å². The monoisotopic (exact) mass is 495 g/mol. The fourth-order valence-electron chi connectivity index (χ4n) is 3.64. The molecule has 0 bridgehead atoms. The van der Waals surface area contributed by atoms with E-state index in [0.717, 1.165) is 5.39 Å². The lowest BCUT2D eigenvalue weighted by Crippen LogP contribution is -2.26. The first-order chi connectivity index (χ1) is 16.4. The predicted octanol–water partition coefficient (Wildman–Crippen LogP) is 3.43. The summed E-state index contributed by atoms with van der Waals surface area (Å²) in [5.41, 5.74) is 2.40. The number of aromatic nitrogens is 3. The van der Waals surface area contributed by atoms with E-state index in [1.165, 1.54) is 0 Å². The van der Waals surface area contributed by atoms with Crippen LogP contribution < -0.4 is 25.8 Å². The molecule has 0 amide bonds. The average Bonchev–Trinajstić information content (AvgIpc) is 2.81. The van der Waals surface area contributed by atoms with E-state index >= 15 is 0 Å². The van der Waals surface area contributed by atoms with Crippen molar-refractivity contribution in [3.05, 3.63) is 76.6 Å². The van der Waals surface area contributed by atoms with Crippen molar-refractivity contribution >= 4 is 36.3 Å². The second-order valence-corrected chi connectivity index (χ2v) is 8.76. The first kappa shape index (κ1) is 23.9. The highest BCUT2D eigenvalue weighted by Crippen LogP contribution is 2.25. The van der Waals surface area contributed by atoms with E-state index in [1.54, 1.807) is 64.8 Å². The van der Waals surface area contributed by atoms with Crippen LogP contribution in [0.3, 0.4) is 0 Å². The van der Waals surface area contributed by atoms with Gasteiger partial charge in [0.1, 0.15) is 11.2 Å². The topological polar surface area (TPSA) is 94.2 Å². The minimum absolute atomic E-state index is 0.239. The highest BCUT2D eigenvalue weighted by atomic mass is 32.2. The molecule has 1 aromatic carbocycles. The molecule has 10 heteroatoms. The molecule has 8 nitrogen and oxygen atoms in total. The van der Waals surface area contributed by atoms with Gasteiger partial charge < -0.3 is 19.4 Å². The van der Waals surface area contributed by atoms with Crippen molar-refractivity contribution < 1.29 is 9.47 Å². The van der Waals surface area contributed by atoms with Gasteiger partial charge in [-0.05, 0) is 62.5 Å². The minimum Gasteiger partial charge on any atom is -0.478 e. The number of hydrogen-bond acceptors (Lipinski definition) is 8. The molecule has 0 aliphatic rings. The molecule has 0 radical (unpaired) electrons. The van der Waals surface area contributed by atoms with Gasteiger partial charge in [-0.2, -0.15) is 4.98 Å². The van der Waals surface area contributed by atoms with Gasteiger partial charge in [0.2, 0.25) is 5.88 Å². The number of ether oxygens (including phenoxy) is 2. The van der Waals surface area contributed by atoms with Crippen molar-refractivity contribution in [2.75, 3.05) is 13.7 Å². The van der Waals surface area contributed by atoms with E-state index in [2.05, 4.69) is 35.6 Å². The number of fused-ring (bicyclic) bond motifs is 1. The van der Waals surface area contributed by atoms with Crippen molar-refractivity contribution in [2.24, 2.45) is 0 Å². The number of rotatable bonds is 8. The Morgan fingerprint density at radius 2 is 1.88 bits per heavy atom. The lowest BCUT2D eigenvalue weighted by atomic mass is 10.1. The van der Waals surface area contributed by atoms with Gasteiger partial charge in [-0.15, -0.1) is 25.3 Å². The molecule has 0 saturated carbocycles. The Morgan fingerprint density at radius 3 is 2.56 bits per heavy atom. The van der Waals surface area contributed by atoms with E-state index in [0.29, 0.717) is 52.9 Å². The maximum Gasteiger partial charge on any atom is 0.264 e. The standard InChI is InChI=1S/C24H25N5O3S2/c1-3-31-21-11-5-15-12-19(16-4-10-20(25)28(13-16)14-26-2)23(30)29(22(15)27-21)17-6-8-18(9-7-17)32-24(33)34/h4-13,24-26,33-34H,3,14H2,1-2H3. The maximum absolute atomic E-state index is 13.8. The van der Waals surface area contributed by atoms with Crippen LogP contribution in [-0.4, -0.2) is 32.5 Å². The third-order valence-electron chi connectivity index (χ3n) is 5.12. The van der Waals surface area contributed by atoms with Crippen LogP contribution in [0.1, 0.15) is 6.92 Å². The molecule has 34 heavy (non-hydrogen) atoms. The third kappa shape index (κ3) is 4.98. The maximum atomic E-state index is 13.8. The molecule has 0 saturated heterocycles. The molecule has 2 N–H and O–H groups in total. The summed E-state index contributed by atoms with van der Waals surface area (Å²) in [5, 5.41) is 11.9. The Labute approximate surface area is 207 Å². The van der Waals surface area contributed by atoms with Crippen molar-refractivity contribution in [3.8, 4) is 28.4 Å². The molecule has 0 aliphatic heterocycles. The van der Waals surface area contributed by atoms with Crippen LogP contribution in [0, 0.1) is 5.41 Å². The first-order valence-electron chi connectivity index (χ1n) is 10.6. The van der Waals surface area contributed by atoms with Gasteiger partial charge in [0.25, 0.3) is 5.56 Å². The highest BCUT2D eigenvalue weighted by molar-refractivity contribution is 7.98. The first-order valence-corrected chi connectivity index (χ1v) is 11.7. The molecule has 0 aliphatic carbocycles. The molecular weight excluding hydrogens is 470 g/mol. The van der Waals surface area contributed by atoms with E-state index in [1.807, 2.05) is 19.1 Å². The predicted molar refractivity (Wildman–Crippen MR) is 139 cm³/mol. The lowest BCUT2D eigenvalue weighted by molar-refractivity contribution is 0.328. The smallest absolute Gasteiger partial charge is 0.264 e. The largest absolute Gasteiger partial charge is 0.478 e. The van der Waals surface area contributed by atoms with Crippen molar-refractivity contribution in [1.82, 2.24) is 19.4 Å². The Hall–Kier alpha value is -3.21. The molecule has 3 aromatic heterocycles. The van der Waals surface area contributed by atoms with Crippen LogP contribution in [0.25, 0.3) is 27.8 Å². The van der Waals surface area contributed by atoms with Crippen LogP contribution in [0.5, 0.6) is 11.6 Å². The van der Waals surface area contributed by atoms with Crippen molar-refractivity contribution in [1.29, 1.82) is 5.41 Å². The van der Waals surface area contributed by atoms with Crippen LogP contribution in [0.4, 0.5) is 0 Å². The summed E-state index contributed by atoms with van der Waals surface area (Å²) in [5.74, 6) is 1.02. The number of benzene rings is 1. The van der Waals surface area contributed by atoms with Crippen LogP contribution in [0.2, 0.25) is 0 Å². The summed E-state index contributed by atoms with van der Waals surface area (Å²) >= 11 is 8.26. The summed E-state index contributed by atoms with van der Waals surface area (Å²) in [7, 11) is 1.81. The Morgan fingerprint density at radius 1 is 1.12 bits per heavy atom. The van der Waals surface area contributed by atoms with Gasteiger partial charge in [0, 0.05) is 28.8 Å². The normalized spacial score (nSPS) is 11.2. The molecule has 176 valence electrons. The summed E-state index contributed by atoms with van der Waals surface area (Å²) in [6.07, 6.45) is 1.80. The van der Waals surface area contributed by atoms with Gasteiger partial charge in [-0.25, -0.2) is 0 Å². The number of nitrogens with one attached hydrogen (secondary N) is 2. The second-order valence-electron chi connectivity index (χ2n) is 7.42. The van der Waals surface area contributed by atoms with E-state index in [-0.39, 0.29) is 5.56 Å². The fraction of sp³-hybridized carbons (Fsp3) is 0.208. The fourth-order valence-corrected chi connectivity index (χ4v) is 3.89. The lowest BCUT2D eigenvalue weighted by Gasteiger charge is -2.15. The Bertz CT molecular complexity index is 1430. The molecule has 4 rings (SSSR count). The van der Waals surface area contributed by atoms with E-state index in [9.17, 15) is 4.79 Å². The SMILES string of the molecule is CCOc1ccc2cc(-c3ccc(=N)n(CNC)c3)c(=O)n(-c3ccc(OC(S)S)cc3)c2n1. The Balaban J connectivity index is 1.96. The zero-order valence-electron chi connectivity index (χ0n) is 18.7. The molecule has 0 atom stereocenters. The quantitative estimate of drug-likeness (QED) is 0.222. The molecule has 0 spiro atoms. The Kier molecular flexibility index (Phi) is 7.30. The number of thiol groups is 2. The average molecular weight is 496 g/mol. The summed E-state index contributed by atoms with van der Waals surface area (Å²) < 4.78 is 13.8. The summed E-state index contributed by atoms with van der Waals surface area (Å²) in [4.78, 5) is 18.4. The molecule has 0 unspecified atom stereocenters. The van der Waals surface area contributed by atoms with Gasteiger partial charge >= 0.3 is 0 Å². The number of nitrogens with zero attached hydrogens (tertiary/aromatic N) is 3. The van der Waals surface area contributed by atoms with Gasteiger partial charge in [0.15, 0.2) is 10.4 Å². The van der Waals surface area contributed by atoms with Crippen LogP contribution in [0.15, 0.2) is 65.6 Å². The van der Waals surface area contributed by atoms with Gasteiger partial charge in [0.05, 0.1) is 19.0 Å². The summed E-state index contributed by atoms with van der Waals surface area (Å²) in [6.45, 7) is 2.80. The van der Waals surface area contributed by atoms with E-state index < -0.39 is 4.77 Å². The number of hydrogen-bond donors (Lipinski definition) is 4. The van der Waals surface area contributed by atoms with Crippen molar-refractivity contribution in [3.63, 3.8) is 0 Å².